The molecule has 0 spiro atoms. The second kappa shape index (κ2) is 4.19. The number of ketones is 1. The molecule has 0 saturated carbocycles. The van der Waals surface area contributed by atoms with Crippen LogP contribution in [0.3, 0.4) is 0 Å². The van der Waals surface area contributed by atoms with Crippen molar-refractivity contribution in [3.63, 3.8) is 0 Å². The Bertz CT molecular complexity index is 358. The van der Waals surface area contributed by atoms with Crippen molar-refractivity contribution in [2.45, 2.75) is 6.92 Å². The van der Waals surface area contributed by atoms with Crippen LogP contribution < -0.4 is 0 Å². The third-order valence-corrected chi connectivity index (χ3v) is 1.81. The largest absolute Gasteiger partial charge is 0.289 e. The quantitative estimate of drug-likeness (QED) is 0.527. The molecule has 3 heteroatoms. The molecule has 0 fully saturated rings. The molecule has 0 aromatic heterocycles. The Hall–Kier alpha value is -1.15. The van der Waals surface area contributed by atoms with E-state index in [-0.39, 0.29) is 10.8 Å². The van der Waals surface area contributed by atoms with E-state index in [1.54, 1.807) is 13.0 Å². The SMILES string of the molecule is CC=CC(=O)c1ccc(F)c(Cl)c1. The molecule has 0 saturated heterocycles. The van der Waals surface area contributed by atoms with Gasteiger partial charge in [-0.2, -0.15) is 0 Å². The zero-order valence-corrected chi connectivity index (χ0v) is 7.81. The molecule has 68 valence electrons. The first-order chi connectivity index (χ1) is 6.15. The summed E-state index contributed by atoms with van der Waals surface area (Å²) >= 11 is 5.51. The highest BCUT2D eigenvalue weighted by atomic mass is 35.5. The maximum Gasteiger partial charge on any atom is 0.185 e. The third-order valence-electron chi connectivity index (χ3n) is 1.52. The van der Waals surface area contributed by atoms with Crippen molar-refractivity contribution in [1.82, 2.24) is 0 Å². The number of allylic oxidation sites excluding steroid dienone is 2. The zero-order chi connectivity index (χ0) is 9.84. The lowest BCUT2D eigenvalue weighted by Gasteiger charge is -1.97. The summed E-state index contributed by atoms with van der Waals surface area (Å²) in [5.41, 5.74) is 0.393. The van der Waals surface area contributed by atoms with E-state index in [9.17, 15) is 9.18 Å². The van der Waals surface area contributed by atoms with Gasteiger partial charge >= 0.3 is 0 Å². The monoisotopic (exact) mass is 198 g/mol. The average Bonchev–Trinajstić information content (AvgIpc) is 2.10. The molecule has 1 nitrogen and oxygen atoms in total. The van der Waals surface area contributed by atoms with Gasteiger partial charge in [0.2, 0.25) is 0 Å². The number of carbonyl (C=O) groups is 1. The highest BCUT2D eigenvalue weighted by Gasteiger charge is 2.04. The van der Waals surface area contributed by atoms with Gasteiger partial charge in [0.1, 0.15) is 5.82 Å². The van der Waals surface area contributed by atoms with Crippen molar-refractivity contribution >= 4 is 17.4 Å². The fraction of sp³-hybridized carbons (Fsp3) is 0.100. The smallest absolute Gasteiger partial charge is 0.185 e. The lowest BCUT2D eigenvalue weighted by molar-refractivity contribution is 0.104. The normalized spacial score (nSPS) is 10.7. The van der Waals surface area contributed by atoms with Crippen molar-refractivity contribution in [3.8, 4) is 0 Å². The summed E-state index contributed by atoms with van der Waals surface area (Å²) in [5, 5.41) is -0.0321. The van der Waals surface area contributed by atoms with Crippen LogP contribution in [0.2, 0.25) is 5.02 Å². The molecule has 0 radical (unpaired) electrons. The van der Waals surface area contributed by atoms with Crippen molar-refractivity contribution in [2.24, 2.45) is 0 Å². The number of benzene rings is 1. The fourth-order valence-corrected chi connectivity index (χ4v) is 1.08. The van der Waals surface area contributed by atoms with Crippen LogP contribution in [-0.2, 0) is 0 Å². The molecule has 1 aromatic rings. The first-order valence-electron chi connectivity index (χ1n) is 3.77. The van der Waals surface area contributed by atoms with Crippen LogP contribution in [0, 0.1) is 5.82 Å². The second-order valence-corrected chi connectivity index (χ2v) is 2.90. The summed E-state index contributed by atoms with van der Waals surface area (Å²) in [7, 11) is 0. The van der Waals surface area contributed by atoms with Crippen molar-refractivity contribution in [3.05, 3.63) is 46.8 Å². The Morgan fingerprint density at radius 2 is 2.23 bits per heavy atom. The maximum absolute atomic E-state index is 12.7. The van der Waals surface area contributed by atoms with Crippen LogP contribution >= 0.6 is 11.6 Å². The second-order valence-electron chi connectivity index (χ2n) is 2.49. The van der Waals surface area contributed by atoms with Crippen LogP contribution in [0.1, 0.15) is 17.3 Å². The summed E-state index contributed by atoms with van der Waals surface area (Å²) < 4.78 is 12.7. The van der Waals surface area contributed by atoms with Crippen LogP contribution in [0.4, 0.5) is 4.39 Å². The van der Waals surface area contributed by atoms with Gasteiger partial charge in [-0.05, 0) is 31.2 Å². The van der Waals surface area contributed by atoms with Gasteiger partial charge in [0.15, 0.2) is 5.78 Å². The zero-order valence-electron chi connectivity index (χ0n) is 7.05. The molecule has 0 N–H and O–H groups in total. The molecule has 0 atom stereocenters. The van der Waals surface area contributed by atoms with Crippen molar-refractivity contribution in [1.29, 1.82) is 0 Å². The number of hydrogen-bond acceptors (Lipinski definition) is 1. The molecule has 13 heavy (non-hydrogen) atoms. The predicted octanol–water partition coefficient (Wildman–Crippen LogP) is 3.24. The van der Waals surface area contributed by atoms with E-state index < -0.39 is 5.82 Å². The van der Waals surface area contributed by atoms with Gasteiger partial charge in [0, 0.05) is 5.56 Å². The minimum Gasteiger partial charge on any atom is -0.289 e. The van der Waals surface area contributed by atoms with Gasteiger partial charge in [-0.3, -0.25) is 4.79 Å². The summed E-state index contributed by atoms with van der Waals surface area (Å²) in [6.45, 7) is 1.74. The minimum absolute atomic E-state index is 0.0321. The standard InChI is InChI=1S/C10H8ClFO/c1-2-3-10(13)7-4-5-9(12)8(11)6-7/h2-6H,1H3. The van der Waals surface area contributed by atoms with E-state index in [1.807, 2.05) is 0 Å². The first kappa shape index (κ1) is 9.93. The lowest BCUT2D eigenvalue weighted by atomic mass is 10.1. The van der Waals surface area contributed by atoms with Crippen LogP contribution in [0.25, 0.3) is 0 Å². The first-order valence-corrected chi connectivity index (χ1v) is 4.15. The van der Waals surface area contributed by atoms with E-state index in [4.69, 9.17) is 11.6 Å². The van der Waals surface area contributed by atoms with Gasteiger partial charge in [-0.15, -0.1) is 0 Å². The lowest BCUT2D eigenvalue weighted by Crippen LogP contribution is -1.94. The van der Waals surface area contributed by atoms with Gasteiger partial charge in [-0.25, -0.2) is 4.39 Å². The number of rotatable bonds is 2. The van der Waals surface area contributed by atoms with E-state index in [2.05, 4.69) is 0 Å². The molecule has 0 amide bonds. The Morgan fingerprint density at radius 1 is 1.54 bits per heavy atom. The molecule has 0 aliphatic heterocycles. The molecule has 0 heterocycles. The molecule has 0 bridgehead atoms. The molecule has 1 rings (SSSR count). The highest BCUT2D eigenvalue weighted by molar-refractivity contribution is 6.31. The van der Waals surface area contributed by atoms with Crippen LogP contribution in [0.15, 0.2) is 30.4 Å². The maximum atomic E-state index is 12.7. The van der Waals surface area contributed by atoms with Crippen LogP contribution in [0.5, 0.6) is 0 Å². The molecule has 0 aliphatic carbocycles. The summed E-state index contributed by atoms with van der Waals surface area (Å²) in [4.78, 5) is 11.2. The van der Waals surface area contributed by atoms with Gasteiger partial charge < -0.3 is 0 Å². The number of hydrogen-bond donors (Lipinski definition) is 0. The number of halogens is 2. The Labute approximate surface area is 80.8 Å². The Morgan fingerprint density at radius 3 is 2.77 bits per heavy atom. The van der Waals surface area contributed by atoms with Gasteiger partial charge in [0.05, 0.1) is 5.02 Å². The van der Waals surface area contributed by atoms with Crippen molar-refractivity contribution < 1.29 is 9.18 Å². The predicted molar refractivity (Wildman–Crippen MR) is 50.6 cm³/mol. The molecular weight excluding hydrogens is 191 g/mol. The number of carbonyl (C=O) groups excluding carboxylic acids is 1. The van der Waals surface area contributed by atoms with E-state index in [0.29, 0.717) is 5.56 Å². The van der Waals surface area contributed by atoms with E-state index >= 15 is 0 Å². The molecule has 1 aromatic carbocycles. The minimum atomic E-state index is -0.515. The summed E-state index contributed by atoms with van der Waals surface area (Å²) in [6, 6.07) is 3.90. The summed E-state index contributed by atoms with van der Waals surface area (Å²) in [6.07, 6.45) is 3.03. The third kappa shape index (κ3) is 2.39. The van der Waals surface area contributed by atoms with Gasteiger partial charge in [-0.1, -0.05) is 17.7 Å². The average molecular weight is 199 g/mol. The fourth-order valence-electron chi connectivity index (χ4n) is 0.897. The molecular formula is C10H8ClFO. The van der Waals surface area contributed by atoms with E-state index in [1.165, 1.54) is 24.3 Å². The summed E-state index contributed by atoms with van der Waals surface area (Å²) in [5.74, 6) is -0.692. The van der Waals surface area contributed by atoms with Crippen LogP contribution in [-0.4, -0.2) is 5.78 Å². The Balaban J connectivity index is 3.04. The van der Waals surface area contributed by atoms with Crippen molar-refractivity contribution in [2.75, 3.05) is 0 Å². The molecule has 0 unspecified atom stereocenters. The molecule has 0 aliphatic rings. The highest BCUT2D eigenvalue weighted by Crippen LogP contribution is 2.16. The Kier molecular flexibility index (Phi) is 3.20. The van der Waals surface area contributed by atoms with E-state index in [0.717, 1.165) is 0 Å². The topological polar surface area (TPSA) is 17.1 Å². The van der Waals surface area contributed by atoms with Gasteiger partial charge in [0.25, 0.3) is 0 Å².